The van der Waals surface area contributed by atoms with Gasteiger partial charge in [0.15, 0.2) is 0 Å². The van der Waals surface area contributed by atoms with Crippen LogP contribution in [0.25, 0.3) is 6.08 Å². The molecule has 0 aromatic heterocycles. The molecule has 0 saturated heterocycles. The number of rotatable bonds is 5. The van der Waals surface area contributed by atoms with Crippen molar-refractivity contribution in [2.75, 3.05) is 5.75 Å². The number of hydrogen-bond acceptors (Lipinski definition) is 2. The molecule has 0 amide bonds. The maximum Gasteiger partial charge on any atom is 0.0817 e. The van der Waals surface area contributed by atoms with E-state index in [2.05, 4.69) is 42.5 Å². The monoisotopic (exact) mass is 265 g/mol. The number of nitrogens with zero attached hydrogens (tertiary/aromatic N) is 1. The average molecular weight is 265 g/mol. The van der Waals surface area contributed by atoms with Crippen LogP contribution in [-0.4, -0.2) is 5.75 Å². The lowest BCUT2D eigenvalue weighted by molar-refractivity contribution is 1.24. The summed E-state index contributed by atoms with van der Waals surface area (Å²) in [6, 6.07) is 22.7. The SMILES string of the molecule is N#CCSC(/C=C/c1ccccc1)c1ccccc1. The minimum Gasteiger partial charge on any atom is -0.197 e. The third-order valence-electron chi connectivity index (χ3n) is 2.72. The van der Waals surface area contributed by atoms with E-state index < -0.39 is 0 Å². The third kappa shape index (κ3) is 4.31. The summed E-state index contributed by atoms with van der Waals surface area (Å²) < 4.78 is 0. The first-order valence-electron chi connectivity index (χ1n) is 6.17. The van der Waals surface area contributed by atoms with E-state index in [-0.39, 0.29) is 5.25 Å². The zero-order chi connectivity index (χ0) is 13.3. The second kappa shape index (κ2) is 7.45. The van der Waals surface area contributed by atoms with Gasteiger partial charge in [0.1, 0.15) is 0 Å². The molecule has 2 aromatic carbocycles. The number of hydrogen-bond donors (Lipinski definition) is 0. The Morgan fingerprint density at radius 1 is 1.00 bits per heavy atom. The van der Waals surface area contributed by atoms with E-state index in [1.165, 1.54) is 11.1 Å². The van der Waals surface area contributed by atoms with Gasteiger partial charge in [-0.3, -0.25) is 0 Å². The van der Waals surface area contributed by atoms with Crippen molar-refractivity contribution < 1.29 is 0 Å². The Kier molecular flexibility index (Phi) is 5.28. The van der Waals surface area contributed by atoms with Gasteiger partial charge in [-0.25, -0.2) is 0 Å². The van der Waals surface area contributed by atoms with Crippen molar-refractivity contribution in [2.24, 2.45) is 0 Å². The summed E-state index contributed by atoms with van der Waals surface area (Å²) >= 11 is 1.65. The Morgan fingerprint density at radius 2 is 1.63 bits per heavy atom. The largest absolute Gasteiger partial charge is 0.197 e. The van der Waals surface area contributed by atoms with Gasteiger partial charge in [-0.15, -0.1) is 11.8 Å². The normalized spacial score (nSPS) is 12.2. The molecule has 0 aliphatic carbocycles. The van der Waals surface area contributed by atoms with E-state index >= 15 is 0 Å². The van der Waals surface area contributed by atoms with E-state index in [4.69, 9.17) is 5.26 Å². The van der Waals surface area contributed by atoms with Crippen LogP contribution < -0.4 is 0 Å². The van der Waals surface area contributed by atoms with Crippen LogP contribution in [0.3, 0.4) is 0 Å². The summed E-state index contributed by atoms with van der Waals surface area (Å²) in [4.78, 5) is 0. The smallest absolute Gasteiger partial charge is 0.0817 e. The second-order valence-corrected chi connectivity index (χ2v) is 5.20. The average Bonchev–Trinajstić information content (AvgIpc) is 2.49. The van der Waals surface area contributed by atoms with Crippen molar-refractivity contribution in [1.82, 2.24) is 0 Å². The summed E-state index contributed by atoms with van der Waals surface area (Å²) in [5.41, 5.74) is 2.41. The molecule has 0 aliphatic heterocycles. The number of benzene rings is 2. The molecule has 1 atom stereocenters. The second-order valence-electron chi connectivity index (χ2n) is 4.07. The van der Waals surface area contributed by atoms with Crippen molar-refractivity contribution in [3.8, 4) is 6.07 Å². The molecule has 94 valence electrons. The lowest BCUT2D eigenvalue weighted by Gasteiger charge is -2.10. The van der Waals surface area contributed by atoms with Crippen LogP contribution in [0.2, 0.25) is 0 Å². The molecule has 2 rings (SSSR count). The Balaban J connectivity index is 2.15. The quantitative estimate of drug-likeness (QED) is 0.782. The van der Waals surface area contributed by atoms with Crippen LogP contribution in [0.4, 0.5) is 0 Å². The highest BCUT2D eigenvalue weighted by molar-refractivity contribution is 7.99. The molecule has 1 nitrogen and oxygen atoms in total. The highest BCUT2D eigenvalue weighted by Gasteiger charge is 2.07. The Labute approximate surface area is 118 Å². The molecule has 0 radical (unpaired) electrons. The van der Waals surface area contributed by atoms with Gasteiger partial charge in [0, 0.05) is 5.25 Å². The van der Waals surface area contributed by atoms with Gasteiger partial charge in [0.05, 0.1) is 11.8 Å². The lowest BCUT2D eigenvalue weighted by Crippen LogP contribution is -1.90. The zero-order valence-electron chi connectivity index (χ0n) is 10.6. The zero-order valence-corrected chi connectivity index (χ0v) is 11.4. The molecule has 19 heavy (non-hydrogen) atoms. The Hall–Kier alpha value is -1.98. The van der Waals surface area contributed by atoms with Crippen molar-refractivity contribution >= 4 is 17.8 Å². The fourth-order valence-electron chi connectivity index (χ4n) is 1.80. The Morgan fingerprint density at radius 3 is 2.26 bits per heavy atom. The van der Waals surface area contributed by atoms with Crippen LogP contribution >= 0.6 is 11.8 Å². The molecule has 0 heterocycles. The first-order chi connectivity index (χ1) is 9.40. The molecule has 0 fully saturated rings. The number of thioether (sulfide) groups is 1. The van der Waals surface area contributed by atoms with Crippen LogP contribution in [0.1, 0.15) is 16.4 Å². The summed E-state index contributed by atoms with van der Waals surface area (Å²) in [5, 5.41) is 8.98. The van der Waals surface area contributed by atoms with Gasteiger partial charge >= 0.3 is 0 Å². The summed E-state index contributed by atoms with van der Waals surface area (Å²) in [7, 11) is 0. The predicted molar refractivity (Wildman–Crippen MR) is 82.7 cm³/mol. The van der Waals surface area contributed by atoms with Crippen LogP contribution in [0, 0.1) is 11.3 Å². The molecule has 2 heteroatoms. The fraction of sp³-hybridized carbons (Fsp3) is 0.118. The maximum absolute atomic E-state index is 8.75. The van der Waals surface area contributed by atoms with Crippen LogP contribution in [0.5, 0.6) is 0 Å². The fourth-order valence-corrected chi connectivity index (χ4v) is 2.59. The topological polar surface area (TPSA) is 23.8 Å². The summed E-state index contributed by atoms with van der Waals surface area (Å²) in [6.45, 7) is 0. The maximum atomic E-state index is 8.75. The van der Waals surface area contributed by atoms with Gasteiger partial charge in [-0.1, -0.05) is 72.8 Å². The van der Waals surface area contributed by atoms with Crippen molar-refractivity contribution in [1.29, 1.82) is 5.26 Å². The molecule has 0 spiro atoms. The van der Waals surface area contributed by atoms with Crippen molar-refractivity contribution in [2.45, 2.75) is 5.25 Å². The van der Waals surface area contributed by atoms with Crippen LogP contribution in [-0.2, 0) is 0 Å². The highest BCUT2D eigenvalue weighted by Crippen LogP contribution is 2.30. The van der Waals surface area contributed by atoms with Gasteiger partial charge < -0.3 is 0 Å². The highest BCUT2D eigenvalue weighted by atomic mass is 32.2. The first kappa shape index (κ1) is 13.5. The van der Waals surface area contributed by atoms with Gasteiger partial charge in [-0.2, -0.15) is 5.26 Å². The minimum atomic E-state index is 0.223. The van der Waals surface area contributed by atoms with Crippen molar-refractivity contribution in [3.05, 3.63) is 77.9 Å². The van der Waals surface area contributed by atoms with E-state index in [1.54, 1.807) is 11.8 Å². The van der Waals surface area contributed by atoms with Gasteiger partial charge in [0.25, 0.3) is 0 Å². The predicted octanol–water partition coefficient (Wildman–Crippen LogP) is 4.70. The standard InChI is InChI=1S/C17H15NS/c18-13-14-19-17(16-9-5-2-6-10-16)12-11-15-7-3-1-4-8-15/h1-12,17H,14H2/b12-11+. The minimum absolute atomic E-state index is 0.223. The van der Waals surface area contributed by atoms with E-state index in [9.17, 15) is 0 Å². The first-order valence-corrected chi connectivity index (χ1v) is 7.22. The van der Waals surface area contributed by atoms with Crippen molar-refractivity contribution in [3.63, 3.8) is 0 Å². The van der Waals surface area contributed by atoms with Crippen LogP contribution in [0.15, 0.2) is 66.7 Å². The molecular formula is C17H15NS. The molecule has 0 N–H and O–H groups in total. The molecule has 2 aromatic rings. The summed E-state index contributed by atoms with van der Waals surface area (Å²) in [6.07, 6.45) is 4.27. The molecule has 1 unspecified atom stereocenters. The number of nitriles is 1. The Bertz CT molecular complexity index is 555. The molecule has 0 saturated carbocycles. The lowest BCUT2D eigenvalue weighted by atomic mass is 10.1. The molecule has 0 aliphatic rings. The van der Waals surface area contributed by atoms with E-state index in [0.717, 1.165) is 0 Å². The van der Waals surface area contributed by atoms with E-state index in [1.807, 2.05) is 36.4 Å². The summed E-state index contributed by atoms with van der Waals surface area (Å²) in [5.74, 6) is 0.499. The third-order valence-corrected chi connectivity index (χ3v) is 3.80. The molecule has 0 bridgehead atoms. The molecular weight excluding hydrogens is 250 g/mol. The van der Waals surface area contributed by atoms with Gasteiger partial charge in [0.2, 0.25) is 0 Å². The van der Waals surface area contributed by atoms with E-state index in [0.29, 0.717) is 5.75 Å². The van der Waals surface area contributed by atoms with Gasteiger partial charge in [-0.05, 0) is 11.1 Å².